The molecule has 1 aromatic rings. The van der Waals surface area contributed by atoms with E-state index in [1.807, 2.05) is 0 Å². The standard InChI is InChI=1S/C16H24FNO2S/c1-4-7-15-8-5-6-9-18(15)21(19,20)16-12(2)10-14(17)11-13(16)3/h10-11,15H,4-9H2,1-3H3. The lowest BCUT2D eigenvalue weighted by atomic mass is 10.0. The molecule has 1 heterocycles. The van der Waals surface area contributed by atoms with Crippen molar-refractivity contribution in [3.63, 3.8) is 0 Å². The van der Waals surface area contributed by atoms with Crippen molar-refractivity contribution < 1.29 is 12.8 Å². The average molecular weight is 313 g/mol. The number of benzene rings is 1. The zero-order valence-electron chi connectivity index (χ0n) is 13.0. The van der Waals surface area contributed by atoms with Crippen molar-refractivity contribution in [2.24, 2.45) is 0 Å². The maximum atomic E-state index is 13.4. The fraction of sp³-hybridized carbons (Fsp3) is 0.625. The SMILES string of the molecule is CCCC1CCCCN1S(=O)(=O)c1c(C)cc(F)cc1C. The number of rotatable bonds is 4. The lowest BCUT2D eigenvalue weighted by Gasteiger charge is -2.35. The first kappa shape index (κ1) is 16.4. The van der Waals surface area contributed by atoms with Crippen LogP contribution >= 0.6 is 0 Å². The van der Waals surface area contributed by atoms with Crippen LogP contribution in [0.1, 0.15) is 50.2 Å². The normalized spacial score (nSPS) is 20.7. The highest BCUT2D eigenvalue weighted by atomic mass is 32.2. The molecule has 0 saturated carbocycles. The number of piperidine rings is 1. The van der Waals surface area contributed by atoms with Crippen molar-refractivity contribution in [1.82, 2.24) is 4.31 Å². The minimum absolute atomic E-state index is 0.0811. The highest BCUT2D eigenvalue weighted by Gasteiger charge is 2.34. The van der Waals surface area contributed by atoms with Gasteiger partial charge in [-0.3, -0.25) is 0 Å². The van der Waals surface area contributed by atoms with Crippen molar-refractivity contribution in [3.8, 4) is 0 Å². The number of sulfonamides is 1. The van der Waals surface area contributed by atoms with E-state index in [-0.39, 0.29) is 16.8 Å². The molecule has 1 aliphatic rings. The Morgan fingerprint density at radius 3 is 2.43 bits per heavy atom. The number of hydrogen-bond donors (Lipinski definition) is 0. The number of hydrogen-bond acceptors (Lipinski definition) is 2. The molecule has 1 atom stereocenters. The Morgan fingerprint density at radius 1 is 1.24 bits per heavy atom. The van der Waals surface area contributed by atoms with Gasteiger partial charge in [-0.2, -0.15) is 4.31 Å². The van der Waals surface area contributed by atoms with Crippen molar-refractivity contribution in [2.75, 3.05) is 6.54 Å². The summed E-state index contributed by atoms with van der Waals surface area (Å²) in [6.07, 6.45) is 4.76. The van der Waals surface area contributed by atoms with Crippen LogP contribution in [0.5, 0.6) is 0 Å². The summed E-state index contributed by atoms with van der Waals surface area (Å²) in [6.45, 7) is 5.99. The highest BCUT2D eigenvalue weighted by Crippen LogP contribution is 2.31. The zero-order valence-corrected chi connectivity index (χ0v) is 13.8. The third kappa shape index (κ3) is 3.29. The molecule has 0 spiro atoms. The van der Waals surface area contributed by atoms with E-state index in [1.165, 1.54) is 12.1 Å². The molecule has 1 aliphatic heterocycles. The molecular weight excluding hydrogens is 289 g/mol. The van der Waals surface area contributed by atoms with Gasteiger partial charge in [0, 0.05) is 12.6 Å². The smallest absolute Gasteiger partial charge is 0.207 e. The monoisotopic (exact) mass is 313 g/mol. The van der Waals surface area contributed by atoms with Crippen molar-refractivity contribution in [1.29, 1.82) is 0 Å². The Kier molecular flexibility index (Phi) is 5.04. The molecule has 0 radical (unpaired) electrons. The predicted molar refractivity (Wildman–Crippen MR) is 82.3 cm³/mol. The van der Waals surface area contributed by atoms with Crippen LogP contribution in [-0.4, -0.2) is 25.3 Å². The van der Waals surface area contributed by atoms with Gasteiger partial charge in [0.1, 0.15) is 5.82 Å². The van der Waals surface area contributed by atoms with Crippen LogP contribution in [0.4, 0.5) is 4.39 Å². The minimum Gasteiger partial charge on any atom is -0.207 e. The first-order chi connectivity index (χ1) is 9.87. The second-order valence-electron chi connectivity index (χ2n) is 5.92. The Morgan fingerprint density at radius 2 is 1.86 bits per heavy atom. The van der Waals surface area contributed by atoms with Crippen LogP contribution in [0, 0.1) is 19.7 Å². The topological polar surface area (TPSA) is 37.4 Å². The summed E-state index contributed by atoms with van der Waals surface area (Å²) >= 11 is 0. The van der Waals surface area contributed by atoms with Crippen LogP contribution < -0.4 is 0 Å². The second-order valence-corrected chi connectivity index (χ2v) is 7.75. The van der Waals surface area contributed by atoms with Gasteiger partial charge in [-0.15, -0.1) is 0 Å². The molecule has 0 aliphatic carbocycles. The van der Waals surface area contributed by atoms with Gasteiger partial charge in [0.25, 0.3) is 0 Å². The van der Waals surface area contributed by atoms with E-state index in [0.29, 0.717) is 17.7 Å². The fourth-order valence-electron chi connectivity index (χ4n) is 3.33. The summed E-state index contributed by atoms with van der Waals surface area (Å²) in [5.74, 6) is -0.382. The fourth-order valence-corrected chi connectivity index (χ4v) is 5.47. The van der Waals surface area contributed by atoms with Gasteiger partial charge in [0.05, 0.1) is 4.90 Å². The Labute approximate surface area is 127 Å². The van der Waals surface area contributed by atoms with E-state index in [9.17, 15) is 12.8 Å². The van der Waals surface area contributed by atoms with E-state index in [4.69, 9.17) is 0 Å². The first-order valence-electron chi connectivity index (χ1n) is 7.66. The number of halogens is 1. The van der Waals surface area contributed by atoms with Crippen LogP contribution in [0.15, 0.2) is 17.0 Å². The number of nitrogens with zero attached hydrogens (tertiary/aromatic N) is 1. The van der Waals surface area contributed by atoms with Gasteiger partial charge in [0.15, 0.2) is 0 Å². The second kappa shape index (κ2) is 6.44. The molecule has 1 saturated heterocycles. The molecule has 0 N–H and O–H groups in total. The Bertz CT molecular complexity index is 588. The van der Waals surface area contributed by atoms with Gasteiger partial charge >= 0.3 is 0 Å². The summed E-state index contributed by atoms with van der Waals surface area (Å²) < 4.78 is 41.1. The molecule has 2 rings (SSSR count). The van der Waals surface area contributed by atoms with E-state index in [1.54, 1.807) is 18.2 Å². The molecule has 1 aromatic carbocycles. The first-order valence-corrected chi connectivity index (χ1v) is 9.10. The maximum absolute atomic E-state index is 13.4. The molecule has 21 heavy (non-hydrogen) atoms. The summed E-state index contributed by atoms with van der Waals surface area (Å²) in [5, 5.41) is 0. The van der Waals surface area contributed by atoms with Crippen molar-refractivity contribution in [3.05, 3.63) is 29.1 Å². The summed E-state index contributed by atoms with van der Waals surface area (Å²) in [7, 11) is -3.54. The van der Waals surface area contributed by atoms with Gasteiger partial charge in [-0.25, -0.2) is 12.8 Å². The van der Waals surface area contributed by atoms with Crippen molar-refractivity contribution >= 4 is 10.0 Å². The molecule has 118 valence electrons. The summed E-state index contributed by atoms with van der Waals surface area (Å²) in [4.78, 5) is 0.284. The van der Waals surface area contributed by atoms with Crippen LogP contribution in [0.25, 0.3) is 0 Å². The van der Waals surface area contributed by atoms with Gasteiger partial charge in [0.2, 0.25) is 10.0 Å². The largest absolute Gasteiger partial charge is 0.243 e. The predicted octanol–water partition coefficient (Wildman–Crippen LogP) is 3.79. The molecule has 0 bridgehead atoms. The molecule has 1 unspecified atom stereocenters. The van der Waals surface area contributed by atoms with E-state index >= 15 is 0 Å². The van der Waals surface area contributed by atoms with Crippen LogP contribution in [-0.2, 0) is 10.0 Å². The summed E-state index contributed by atoms with van der Waals surface area (Å²) in [5.41, 5.74) is 0.988. The van der Waals surface area contributed by atoms with Gasteiger partial charge in [-0.1, -0.05) is 19.8 Å². The zero-order chi connectivity index (χ0) is 15.6. The minimum atomic E-state index is -3.54. The maximum Gasteiger partial charge on any atom is 0.243 e. The van der Waals surface area contributed by atoms with E-state index in [2.05, 4.69) is 6.92 Å². The van der Waals surface area contributed by atoms with E-state index in [0.717, 1.165) is 32.1 Å². The molecular formula is C16H24FNO2S. The molecule has 5 heteroatoms. The quantitative estimate of drug-likeness (QED) is 0.848. The van der Waals surface area contributed by atoms with Crippen LogP contribution in [0.2, 0.25) is 0 Å². The third-order valence-corrected chi connectivity index (χ3v) is 6.44. The van der Waals surface area contributed by atoms with Gasteiger partial charge in [-0.05, 0) is 56.4 Å². The van der Waals surface area contributed by atoms with Crippen LogP contribution in [0.3, 0.4) is 0 Å². The summed E-state index contributed by atoms with van der Waals surface area (Å²) in [6, 6.07) is 2.69. The number of aryl methyl sites for hydroxylation is 2. The third-order valence-electron chi connectivity index (χ3n) is 4.19. The highest BCUT2D eigenvalue weighted by molar-refractivity contribution is 7.89. The molecule has 0 aromatic heterocycles. The van der Waals surface area contributed by atoms with E-state index < -0.39 is 10.0 Å². The Balaban J connectivity index is 2.45. The van der Waals surface area contributed by atoms with Crippen molar-refractivity contribution in [2.45, 2.75) is 63.8 Å². The molecule has 1 fully saturated rings. The lowest BCUT2D eigenvalue weighted by Crippen LogP contribution is -2.44. The average Bonchev–Trinajstić information content (AvgIpc) is 2.37. The Hall–Kier alpha value is -0.940. The lowest BCUT2D eigenvalue weighted by molar-refractivity contribution is 0.239. The van der Waals surface area contributed by atoms with Gasteiger partial charge < -0.3 is 0 Å². The molecule has 3 nitrogen and oxygen atoms in total. The molecule has 0 amide bonds.